The number of thioether (sulfide) groups is 1. The van der Waals surface area contributed by atoms with Crippen molar-refractivity contribution < 1.29 is 14.4 Å². The minimum absolute atomic E-state index is 0.139. The van der Waals surface area contributed by atoms with Crippen LogP contribution in [0.1, 0.15) is 17.5 Å². The number of anilines is 1. The van der Waals surface area contributed by atoms with Crippen molar-refractivity contribution in [2.75, 3.05) is 11.1 Å². The van der Waals surface area contributed by atoms with Crippen LogP contribution < -0.4 is 5.32 Å². The van der Waals surface area contributed by atoms with Gasteiger partial charge in [-0.25, -0.2) is 0 Å². The summed E-state index contributed by atoms with van der Waals surface area (Å²) >= 11 is 13.1. The van der Waals surface area contributed by atoms with Gasteiger partial charge in [0, 0.05) is 12.1 Å². The summed E-state index contributed by atoms with van der Waals surface area (Å²) in [6.45, 7) is 0.242. The first-order valence-electron chi connectivity index (χ1n) is 8.23. The average molecular weight is 423 g/mol. The van der Waals surface area contributed by atoms with Crippen LogP contribution in [0.2, 0.25) is 10.0 Å². The standard InChI is InChI=1S/C19H16Cl2N2O3S/c20-15-3-1-2-13(18(15)21)6-9-16(24)22-14-7-4-12(5-8-14)10-23-17(25)11-27-19(23)26/h1-5,7-8H,6,9-11H2,(H,22,24). The second-order valence-corrected chi connectivity index (χ2v) is 7.70. The Morgan fingerprint density at radius 3 is 2.52 bits per heavy atom. The molecule has 0 unspecified atom stereocenters. The Bertz CT molecular complexity index is 871. The average Bonchev–Trinajstić information content (AvgIpc) is 2.96. The number of nitrogens with zero attached hydrogens (tertiary/aromatic N) is 1. The highest BCUT2D eigenvalue weighted by atomic mass is 35.5. The molecule has 0 spiro atoms. The van der Waals surface area contributed by atoms with Crippen LogP contribution in [0.15, 0.2) is 42.5 Å². The minimum atomic E-state index is -0.225. The summed E-state index contributed by atoms with van der Waals surface area (Å²) in [4.78, 5) is 36.6. The summed E-state index contributed by atoms with van der Waals surface area (Å²) in [7, 11) is 0. The van der Waals surface area contributed by atoms with Crippen LogP contribution in [0.3, 0.4) is 0 Å². The van der Waals surface area contributed by atoms with Crippen molar-refractivity contribution in [3.8, 4) is 0 Å². The molecule has 1 aliphatic rings. The first-order valence-corrected chi connectivity index (χ1v) is 9.97. The predicted molar refractivity (Wildman–Crippen MR) is 108 cm³/mol. The van der Waals surface area contributed by atoms with Crippen molar-refractivity contribution in [2.45, 2.75) is 19.4 Å². The maximum Gasteiger partial charge on any atom is 0.289 e. The molecule has 1 heterocycles. The van der Waals surface area contributed by atoms with Crippen molar-refractivity contribution >= 4 is 57.7 Å². The molecule has 140 valence electrons. The van der Waals surface area contributed by atoms with E-state index in [2.05, 4.69) is 5.32 Å². The van der Waals surface area contributed by atoms with Crippen LogP contribution in [0.25, 0.3) is 0 Å². The maximum atomic E-state index is 12.1. The van der Waals surface area contributed by atoms with Crippen LogP contribution >= 0.6 is 35.0 Å². The van der Waals surface area contributed by atoms with Crippen LogP contribution in [-0.4, -0.2) is 27.7 Å². The zero-order valence-corrected chi connectivity index (χ0v) is 16.5. The smallest absolute Gasteiger partial charge is 0.289 e. The number of hydrogen-bond donors (Lipinski definition) is 1. The lowest BCUT2D eigenvalue weighted by Crippen LogP contribution is -2.27. The maximum absolute atomic E-state index is 12.1. The summed E-state index contributed by atoms with van der Waals surface area (Å²) in [5.74, 6) is -0.119. The van der Waals surface area contributed by atoms with E-state index in [9.17, 15) is 14.4 Å². The molecule has 0 atom stereocenters. The molecule has 0 bridgehead atoms. The van der Waals surface area contributed by atoms with Gasteiger partial charge in [-0.1, -0.05) is 59.2 Å². The predicted octanol–water partition coefficient (Wildman–Crippen LogP) is 4.76. The van der Waals surface area contributed by atoms with Crippen LogP contribution in [0.4, 0.5) is 10.5 Å². The highest BCUT2D eigenvalue weighted by Gasteiger charge is 2.29. The second-order valence-electron chi connectivity index (χ2n) is 5.99. The number of hydrogen-bond acceptors (Lipinski definition) is 4. The van der Waals surface area contributed by atoms with Crippen LogP contribution in [-0.2, 0) is 22.6 Å². The molecule has 1 saturated heterocycles. The Kier molecular flexibility index (Phi) is 6.42. The molecular weight excluding hydrogens is 407 g/mol. The van der Waals surface area contributed by atoms with Crippen molar-refractivity contribution in [3.05, 3.63) is 63.6 Å². The fourth-order valence-electron chi connectivity index (χ4n) is 2.62. The topological polar surface area (TPSA) is 66.5 Å². The van der Waals surface area contributed by atoms with Crippen molar-refractivity contribution in [1.29, 1.82) is 0 Å². The summed E-state index contributed by atoms with van der Waals surface area (Å²) in [5.41, 5.74) is 2.30. The first-order chi connectivity index (χ1) is 12.9. The molecule has 5 nitrogen and oxygen atoms in total. The highest BCUT2D eigenvalue weighted by Crippen LogP contribution is 2.26. The van der Waals surface area contributed by atoms with Gasteiger partial charge in [0.2, 0.25) is 11.8 Å². The van der Waals surface area contributed by atoms with Gasteiger partial charge in [0.1, 0.15) is 0 Å². The van der Waals surface area contributed by atoms with Gasteiger partial charge in [0.25, 0.3) is 5.24 Å². The van der Waals surface area contributed by atoms with E-state index in [1.165, 1.54) is 4.90 Å². The van der Waals surface area contributed by atoms with E-state index >= 15 is 0 Å². The second kappa shape index (κ2) is 8.78. The fourth-order valence-corrected chi connectivity index (χ4v) is 3.76. The molecular formula is C19H16Cl2N2O3S. The lowest BCUT2D eigenvalue weighted by molar-refractivity contribution is -0.125. The van der Waals surface area contributed by atoms with Crippen molar-refractivity contribution in [2.24, 2.45) is 0 Å². The molecule has 3 amide bonds. The van der Waals surface area contributed by atoms with Crippen LogP contribution in [0.5, 0.6) is 0 Å². The Morgan fingerprint density at radius 1 is 1.11 bits per heavy atom. The molecule has 8 heteroatoms. The lowest BCUT2D eigenvalue weighted by atomic mass is 10.1. The monoisotopic (exact) mass is 422 g/mol. The number of benzene rings is 2. The normalized spacial score (nSPS) is 13.9. The zero-order valence-electron chi connectivity index (χ0n) is 14.2. The largest absolute Gasteiger partial charge is 0.326 e. The molecule has 0 aromatic heterocycles. The summed E-state index contributed by atoms with van der Waals surface area (Å²) in [6.07, 6.45) is 0.760. The number of nitrogens with one attached hydrogen (secondary N) is 1. The van der Waals surface area contributed by atoms with Crippen molar-refractivity contribution in [1.82, 2.24) is 4.90 Å². The number of carbonyl (C=O) groups is 3. The lowest BCUT2D eigenvalue weighted by Gasteiger charge is -2.13. The summed E-state index contributed by atoms with van der Waals surface area (Å²) in [5, 5.41) is 3.54. The molecule has 0 saturated carbocycles. The summed E-state index contributed by atoms with van der Waals surface area (Å²) in [6, 6.07) is 12.4. The van der Waals surface area contributed by atoms with Gasteiger partial charge in [-0.3, -0.25) is 19.3 Å². The molecule has 3 rings (SSSR count). The van der Waals surface area contributed by atoms with Crippen LogP contribution in [0, 0.1) is 0 Å². The van der Waals surface area contributed by atoms with Gasteiger partial charge in [-0.2, -0.15) is 0 Å². The van der Waals surface area contributed by atoms with E-state index < -0.39 is 0 Å². The van der Waals surface area contributed by atoms with Gasteiger partial charge >= 0.3 is 0 Å². The highest BCUT2D eigenvalue weighted by molar-refractivity contribution is 8.14. The third-order valence-electron chi connectivity index (χ3n) is 4.07. The van der Waals surface area contributed by atoms with E-state index in [1.54, 1.807) is 36.4 Å². The van der Waals surface area contributed by atoms with Gasteiger partial charge in [-0.15, -0.1) is 0 Å². The molecule has 1 aliphatic heterocycles. The SMILES string of the molecule is O=C(CCc1cccc(Cl)c1Cl)Nc1ccc(CN2C(=O)CSC2=O)cc1. The Balaban J connectivity index is 1.53. The number of halogens is 2. The Labute approximate surface area is 171 Å². The molecule has 1 N–H and O–H groups in total. The summed E-state index contributed by atoms with van der Waals surface area (Å²) < 4.78 is 0. The van der Waals surface area contributed by atoms with E-state index in [0.29, 0.717) is 22.2 Å². The Hall–Kier alpha value is -2.02. The molecule has 2 aromatic rings. The number of carbonyl (C=O) groups excluding carboxylic acids is 3. The van der Waals surface area contributed by atoms with Gasteiger partial charge in [0.15, 0.2) is 0 Å². The quantitative estimate of drug-likeness (QED) is 0.728. The van der Waals surface area contributed by atoms with Crippen molar-refractivity contribution in [3.63, 3.8) is 0 Å². The number of rotatable bonds is 6. The van der Waals surface area contributed by atoms with E-state index in [0.717, 1.165) is 22.9 Å². The van der Waals surface area contributed by atoms with Gasteiger partial charge in [0.05, 0.1) is 22.3 Å². The third-order valence-corrected chi connectivity index (χ3v) is 5.79. The third kappa shape index (κ3) is 5.03. The minimum Gasteiger partial charge on any atom is -0.326 e. The van der Waals surface area contributed by atoms with E-state index in [1.807, 2.05) is 6.07 Å². The Morgan fingerprint density at radius 2 is 1.85 bits per heavy atom. The fraction of sp³-hybridized carbons (Fsp3) is 0.211. The molecule has 2 aromatic carbocycles. The molecule has 0 aliphatic carbocycles. The first kappa shape index (κ1) is 19.7. The molecule has 1 fully saturated rings. The van der Waals surface area contributed by atoms with Gasteiger partial charge in [-0.05, 0) is 35.7 Å². The zero-order chi connectivity index (χ0) is 19.4. The molecule has 27 heavy (non-hydrogen) atoms. The number of amides is 3. The van der Waals surface area contributed by atoms with E-state index in [4.69, 9.17) is 23.2 Å². The number of aryl methyl sites for hydroxylation is 1. The molecule has 0 radical (unpaired) electrons. The van der Waals surface area contributed by atoms with E-state index in [-0.39, 0.29) is 35.8 Å². The van der Waals surface area contributed by atoms with Gasteiger partial charge < -0.3 is 5.32 Å². The number of imide groups is 1.